The second-order valence-corrected chi connectivity index (χ2v) is 2.86. The van der Waals surface area contributed by atoms with E-state index < -0.39 is 0 Å². The number of likely N-dealkylation sites (tertiary alicyclic amines) is 1. The molecule has 0 bridgehead atoms. The Hall–Kier alpha value is -1.48. The van der Waals surface area contributed by atoms with Gasteiger partial charge >= 0.3 is 0 Å². The molecule has 3 heteroatoms. The third-order valence-corrected chi connectivity index (χ3v) is 1.94. The van der Waals surface area contributed by atoms with Crippen LogP contribution in [0.25, 0.3) is 0 Å². The Morgan fingerprint density at radius 3 is 2.17 bits per heavy atom. The molecule has 0 aromatic carbocycles. The fourth-order valence-corrected chi connectivity index (χ4v) is 1.31. The number of rotatable bonds is 1. The van der Waals surface area contributed by atoms with Crippen LogP contribution in [0.5, 0.6) is 0 Å². The summed E-state index contributed by atoms with van der Waals surface area (Å²) in [5.41, 5.74) is 0.205. The Labute approximate surface area is 72.5 Å². The van der Waals surface area contributed by atoms with Crippen molar-refractivity contribution in [2.24, 2.45) is 0 Å². The van der Waals surface area contributed by atoms with Crippen molar-refractivity contribution in [3.63, 3.8) is 0 Å². The summed E-state index contributed by atoms with van der Waals surface area (Å²) in [4.78, 5) is 2.05. The first-order chi connectivity index (χ1) is 5.86. The summed E-state index contributed by atoms with van der Waals surface area (Å²) in [6, 6.07) is 3.71. The summed E-state index contributed by atoms with van der Waals surface area (Å²) in [5.74, 6) is 0. The molecule has 1 aliphatic heterocycles. The molecular weight excluding hydrogens is 150 g/mol. The number of piperidine rings is 1. The maximum absolute atomic E-state index is 8.49. The van der Waals surface area contributed by atoms with Crippen LogP contribution in [0.15, 0.2) is 11.8 Å². The Bertz CT molecular complexity index is 232. The summed E-state index contributed by atoms with van der Waals surface area (Å²) in [6.07, 6.45) is 5.26. The van der Waals surface area contributed by atoms with Crippen LogP contribution in [0.3, 0.4) is 0 Å². The van der Waals surface area contributed by atoms with Crippen molar-refractivity contribution in [2.45, 2.75) is 19.3 Å². The van der Waals surface area contributed by atoms with Gasteiger partial charge in [-0.2, -0.15) is 10.5 Å². The van der Waals surface area contributed by atoms with E-state index in [1.807, 2.05) is 17.0 Å². The average molecular weight is 161 g/mol. The molecule has 1 fully saturated rings. The normalized spacial score (nSPS) is 16.0. The van der Waals surface area contributed by atoms with E-state index in [1.165, 1.54) is 19.3 Å². The second kappa shape index (κ2) is 4.41. The molecule has 0 aromatic rings. The molecule has 3 nitrogen and oxygen atoms in total. The Balaban J connectivity index is 2.54. The highest BCUT2D eigenvalue weighted by Gasteiger charge is 2.06. The van der Waals surface area contributed by atoms with E-state index in [0.717, 1.165) is 13.1 Å². The molecule has 0 atom stereocenters. The van der Waals surface area contributed by atoms with E-state index in [0.29, 0.717) is 0 Å². The minimum Gasteiger partial charge on any atom is -0.376 e. The lowest BCUT2D eigenvalue weighted by molar-refractivity contribution is 0.309. The lowest BCUT2D eigenvalue weighted by Gasteiger charge is -2.24. The average Bonchev–Trinajstić information content (AvgIpc) is 2.16. The van der Waals surface area contributed by atoms with Crippen LogP contribution in [-0.2, 0) is 0 Å². The molecule has 0 amide bonds. The third-order valence-electron chi connectivity index (χ3n) is 1.94. The molecule has 1 saturated heterocycles. The van der Waals surface area contributed by atoms with Crippen molar-refractivity contribution in [1.29, 1.82) is 10.5 Å². The fourth-order valence-electron chi connectivity index (χ4n) is 1.31. The number of allylic oxidation sites excluding steroid dienone is 1. The smallest absolute Gasteiger partial charge is 0.145 e. The maximum atomic E-state index is 8.49. The monoisotopic (exact) mass is 161 g/mol. The first-order valence-corrected chi connectivity index (χ1v) is 4.13. The van der Waals surface area contributed by atoms with Gasteiger partial charge in [0.05, 0.1) is 0 Å². The van der Waals surface area contributed by atoms with Gasteiger partial charge in [-0.1, -0.05) is 0 Å². The van der Waals surface area contributed by atoms with Crippen LogP contribution in [0, 0.1) is 22.7 Å². The van der Waals surface area contributed by atoms with Gasteiger partial charge in [-0.3, -0.25) is 0 Å². The summed E-state index contributed by atoms with van der Waals surface area (Å²) >= 11 is 0. The summed E-state index contributed by atoms with van der Waals surface area (Å²) < 4.78 is 0. The molecule has 0 spiro atoms. The SMILES string of the molecule is N#CC(C#N)=CN1CCCCC1. The fraction of sp³-hybridized carbons (Fsp3) is 0.556. The summed E-state index contributed by atoms with van der Waals surface area (Å²) in [6.45, 7) is 1.96. The van der Waals surface area contributed by atoms with Gasteiger partial charge < -0.3 is 4.90 Å². The Morgan fingerprint density at radius 1 is 1.08 bits per heavy atom. The lowest BCUT2D eigenvalue weighted by atomic mass is 10.1. The maximum Gasteiger partial charge on any atom is 0.145 e. The van der Waals surface area contributed by atoms with Crippen molar-refractivity contribution in [1.82, 2.24) is 4.90 Å². The van der Waals surface area contributed by atoms with E-state index in [-0.39, 0.29) is 5.57 Å². The number of hydrogen-bond donors (Lipinski definition) is 0. The van der Waals surface area contributed by atoms with Crippen LogP contribution < -0.4 is 0 Å². The molecule has 0 saturated carbocycles. The van der Waals surface area contributed by atoms with E-state index in [4.69, 9.17) is 10.5 Å². The molecule has 1 heterocycles. The molecule has 1 rings (SSSR count). The largest absolute Gasteiger partial charge is 0.376 e. The molecule has 0 unspecified atom stereocenters. The van der Waals surface area contributed by atoms with Crippen molar-refractivity contribution in [3.05, 3.63) is 11.8 Å². The first kappa shape index (κ1) is 8.62. The molecule has 1 aliphatic rings. The first-order valence-electron chi connectivity index (χ1n) is 4.13. The predicted molar refractivity (Wildman–Crippen MR) is 44.7 cm³/mol. The Morgan fingerprint density at radius 2 is 1.67 bits per heavy atom. The zero-order valence-electron chi connectivity index (χ0n) is 6.95. The number of hydrogen-bond acceptors (Lipinski definition) is 3. The van der Waals surface area contributed by atoms with E-state index in [9.17, 15) is 0 Å². The van der Waals surface area contributed by atoms with Crippen molar-refractivity contribution in [3.8, 4) is 12.1 Å². The minimum atomic E-state index is 0.205. The van der Waals surface area contributed by atoms with Crippen LogP contribution in [-0.4, -0.2) is 18.0 Å². The summed E-state index contributed by atoms with van der Waals surface area (Å²) in [5, 5.41) is 17.0. The van der Waals surface area contributed by atoms with E-state index >= 15 is 0 Å². The van der Waals surface area contributed by atoms with Gasteiger partial charge in [0, 0.05) is 19.3 Å². The predicted octanol–water partition coefficient (Wildman–Crippen LogP) is 1.40. The minimum absolute atomic E-state index is 0.205. The van der Waals surface area contributed by atoms with Gasteiger partial charge in [0.15, 0.2) is 0 Å². The number of nitriles is 2. The topological polar surface area (TPSA) is 50.8 Å². The highest BCUT2D eigenvalue weighted by atomic mass is 15.1. The van der Waals surface area contributed by atoms with Crippen LogP contribution in [0.1, 0.15) is 19.3 Å². The van der Waals surface area contributed by atoms with Gasteiger partial charge in [-0.25, -0.2) is 0 Å². The molecule has 62 valence electrons. The van der Waals surface area contributed by atoms with Crippen LogP contribution in [0.2, 0.25) is 0 Å². The molecule has 0 aromatic heterocycles. The van der Waals surface area contributed by atoms with Gasteiger partial charge in [-0.05, 0) is 19.3 Å². The molecule has 0 N–H and O–H groups in total. The van der Waals surface area contributed by atoms with Crippen LogP contribution in [0.4, 0.5) is 0 Å². The quantitative estimate of drug-likeness (QED) is 0.546. The molecule has 0 aliphatic carbocycles. The molecule has 0 radical (unpaired) electrons. The van der Waals surface area contributed by atoms with Crippen molar-refractivity contribution < 1.29 is 0 Å². The standard InChI is InChI=1S/C9H11N3/c10-6-9(7-11)8-12-4-2-1-3-5-12/h8H,1-5H2. The van der Waals surface area contributed by atoms with Gasteiger partial charge in [-0.15, -0.1) is 0 Å². The van der Waals surface area contributed by atoms with Crippen molar-refractivity contribution in [2.75, 3.05) is 13.1 Å². The third kappa shape index (κ3) is 2.29. The van der Waals surface area contributed by atoms with Crippen LogP contribution >= 0.6 is 0 Å². The second-order valence-electron chi connectivity index (χ2n) is 2.86. The van der Waals surface area contributed by atoms with Crippen molar-refractivity contribution >= 4 is 0 Å². The zero-order valence-corrected chi connectivity index (χ0v) is 6.95. The highest BCUT2D eigenvalue weighted by Crippen LogP contribution is 2.09. The van der Waals surface area contributed by atoms with E-state index in [1.54, 1.807) is 6.20 Å². The molecular formula is C9H11N3. The zero-order chi connectivity index (χ0) is 8.81. The molecule has 12 heavy (non-hydrogen) atoms. The Kier molecular flexibility index (Phi) is 3.17. The van der Waals surface area contributed by atoms with Gasteiger partial charge in [0.2, 0.25) is 0 Å². The van der Waals surface area contributed by atoms with Gasteiger partial charge in [0.25, 0.3) is 0 Å². The highest BCUT2D eigenvalue weighted by molar-refractivity contribution is 5.34. The van der Waals surface area contributed by atoms with Gasteiger partial charge in [0.1, 0.15) is 17.7 Å². The summed E-state index contributed by atoms with van der Waals surface area (Å²) in [7, 11) is 0. The van der Waals surface area contributed by atoms with E-state index in [2.05, 4.69) is 0 Å². The number of nitrogens with zero attached hydrogens (tertiary/aromatic N) is 3. The lowest BCUT2D eigenvalue weighted by Crippen LogP contribution is -2.24.